The summed E-state index contributed by atoms with van der Waals surface area (Å²) in [5.41, 5.74) is 2.42. The van der Waals surface area contributed by atoms with Crippen LogP contribution in [-0.2, 0) is 16.6 Å². The number of carbonyl (C=O) groups excluding carboxylic acids is 1. The van der Waals surface area contributed by atoms with Crippen LogP contribution in [0.4, 0.5) is 0 Å². The third-order valence-electron chi connectivity index (χ3n) is 6.21. The van der Waals surface area contributed by atoms with E-state index in [1.54, 1.807) is 25.5 Å². The first kappa shape index (κ1) is 22.9. The molecule has 4 aromatic rings. The van der Waals surface area contributed by atoms with Crippen molar-refractivity contribution in [3.63, 3.8) is 0 Å². The lowest BCUT2D eigenvalue weighted by Gasteiger charge is -2.26. The van der Waals surface area contributed by atoms with Gasteiger partial charge in [0, 0.05) is 24.3 Å². The van der Waals surface area contributed by atoms with Crippen LogP contribution >= 0.6 is 11.3 Å². The third kappa shape index (κ3) is 3.80. The molecule has 0 saturated heterocycles. The van der Waals surface area contributed by atoms with Crippen LogP contribution in [0.1, 0.15) is 31.1 Å². The van der Waals surface area contributed by atoms with Gasteiger partial charge in [-0.25, -0.2) is 9.79 Å². The number of fused-ring (bicyclic) bond motifs is 2. The van der Waals surface area contributed by atoms with E-state index in [9.17, 15) is 9.59 Å². The summed E-state index contributed by atoms with van der Waals surface area (Å²) in [5, 5.41) is 1.79. The number of ether oxygens (including phenoxy) is 2. The number of esters is 1. The number of aryl methyl sites for hydroxylation is 1. The Labute approximate surface area is 205 Å². The summed E-state index contributed by atoms with van der Waals surface area (Å²) in [5.74, 6) is 0.245. The highest BCUT2D eigenvalue weighted by molar-refractivity contribution is 7.07. The van der Waals surface area contributed by atoms with Gasteiger partial charge in [0.15, 0.2) is 4.80 Å². The van der Waals surface area contributed by atoms with E-state index >= 15 is 0 Å². The van der Waals surface area contributed by atoms with Crippen molar-refractivity contribution in [1.29, 1.82) is 0 Å². The molecule has 0 spiro atoms. The highest BCUT2D eigenvalue weighted by Crippen LogP contribution is 2.37. The van der Waals surface area contributed by atoms with E-state index in [0.29, 0.717) is 20.6 Å². The zero-order valence-electron chi connectivity index (χ0n) is 19.9. The third-order valence-corrected chi connectivity index (χ3v) is 7.20. The summed E-state index contributed by atoms with van der Waals surface area (Å²) in [7, 11) is 3.56. The molecular weight excluding hydrogens is 462 g/mol. The summed E-state index contributed by atoms with van der Waals surface area (Å²) in [4.78, 5) is 32.2. The molecule has 1 aliphatic heterocycles. The molecule has 7 nitrogen and oxygen atoms in total. The summed E-state index contributed by atoms with van der Waals surface area (Å²) in [6.45, 7) is 3.78. The smallest absolute Gasteiger partial charge is 0.338 e. The quantitative estimate of drug-likeness (QED) is 0.405. The van der Waals surface area contributed by atoms with Crippen molar-refractivity contribution >= 4 is 34.2 Å². The topological polar surface area (TPSA) is 74.8 Å². The highest BCUT2D eigenvalue weighted by Gasteiger charge is 2.34. The minimum Gasteiger partial charge on any atom is -0.496 e. The fourth-order valence-corrected chi connectivity index (χ4v) is 5.59. The van der Waals surface area contributed by atoms with Gasteiger partial charge in [-0.15, -0.1) is 0 Å². The maximum Gasteiger partial charge on any atom is 0.338 e. The maximum atomic E-state index is 13.8. The molecule has 0 amide bonds. The molecule has 0 fully saturated rings. The summed E-state index contributed by atoms with van der Waals surface area (Å²) < 4.78 is 15.1. The van der Waals surface area contributed by atoms with Crippen LogP contribution in [0.3, 0.4) is 0 Å². The minimum absolute atomic E-state index is 0.200. The first-order valence-electron chi connectivity index (χ1n) is 11.3. The summed E-state index contributed by atoms with van der Waals surface area (Å²) >= 11 is 1.32. The van der Waals surface area contributed by atoms with Gasteiger partial charge in [-0.3, -0.25) is 9.36 Å². The Kier molecular flexibility index (Phi) is 5.90. The van der Waals surface area contributed by atoms with Gasteiger partial charge in [-0.1, -0.05) is 41.7 Å². The molecule has 178 valence electrons. The molecule has 0 saturated carbocycles. The monoisotopic (exact) mass is 487 g/mol. The molecule has 0 bridgehead atoms. The van der Waals surface area contributed by atoms with Gasteiger partial charge in [0.25, 0.3) is 5.56 Å². The summed E-state index contributed by atoms with van der Waals surface area (Å²) in [6.07, 6.45) is 3.79. The van der Waals surface area contributed by atoms with Crippen molar-refractivity contribution in [3.05, 3.63) is 96.9 Å². The van der Waals surface area contributed by atoms with E-state index in [-0.39, 0.29) is 12.2 Å². The van der Waals surface area contributed by atoms with Crippen molar-refractivity contribution in [1.82, 2.24) is 9.13 Å². The lowest BCUT2D eigenvalue weighted by Crippen LogP contribution is -2.40. The fraction of sp³-hybridized carbons (Fsp3) is 0.222. The van der Waals surface area contributed by atoms with E-state index in [1.165, 1.54) is 11.3 Å². The molecular formula is C27H25N3O4S. The van der Waals surface area contributed by atoms with Crippen molar-refractivity contribution in [2.45, 2.75) is 19.9 Å². The molecule has 2 aromatic heterocycles. The Balaban J connectivity index is 1.83. The van der Waals surface area contributed by atoms with Gasteiger partial charge in [0.05, 0.1) is 35.6 Å². The molecule has 3 heterocycles. The molecule has 0 aliphatic carbocycles. The average Bonchev–Trinajstić information content (AvgIpc) is 3.39. The second-order valence-corrected chi connectivity index (χ2v) is 9.26. The maximum absolute atomic E-state index is 13.8. The molecule has 8 heteroatoms. The Morgan fingerprint density at radius 3 is 2.60 bits per heavy atom. The van der Waals surface area contributed by atoms with Crippen LogP contribution in [0, 0.1) is 0 Å². The number of thiazole rings is 1. The molecule has 35 heavy (non-hydrogen) atoms. The largest absolute Gasteiger partial charge is 0.496 e. The number of allylic oxidation sites excluding steroid dienone is 1. The van der Waals surface area contributed by atoms with E-state index in [2.05, 4.69) is 4.99 Å². The van der Waals surface area contributed by atoms with E-state index in [0.717, 1.165) is 27.8 Å². The second kappa shape index (κ2) is 9.03. The molecule has 5 rings (SSSR count). The normalized spacial score (nSPS) is 15.8. The number of methoxy groups -OCH3 is 1. The van der Waals surface area contributed by atoms with Crippen molar-refractivity contribution in [2.75, 3.05) is 13.7 Å². The van der Waals surface area contributed by atoms with Crippen molar-refractivity contribution in [3.8, 4) is 5.75 Å². The first-order valence-corrected chi connectivity index (χ1v) is 12.1. The lowest BCUT2D eigenvalue weighted by atomic mass is 9.91. The van der Waals surface area contributed by atoms with Gasteiger partial charge < -0.3 is 14.0 Å². The number of hydrogen-bond acceptors (Lipinski definition) is 6. The van der Waals surface area contributed by atoms with Crippen molar-refractivity contribution < 1.29 is 14.3 Å². The number of hydrogen-bond donors (Lipinski definition) is 0. The van der Waals surface area contributed by atoms with Crippen LogP contribution in [0.2, 0.25) is 0 Å². The number of rotatable bonds is 5. The van der Waals surface area contributed by atoms with Gasteiger partial charge in [0.2, 0.25) is 0 Å². The second-order valence-electron chi connectivity index (χ2n) is 8.25. The Morgan fingerprint density at radius 1 is 1.14 bits per heavy atom. The lowest BCUT2D eigenvalue weighted by molar-refractivity contribution is -0.139. The Hall–Kier alpha value is -3.91. The van der Waals surface area contributed by atoms with Crippen LogP contribution in [0.25, 0.3) is 16.8 Å². The fourth-order valence-electron chi connectivity index (χ4n) is 4.56. The Bertz CT molecular complexity index is 1670. The van der Waals surface area contributed by atoms with Gasteiger partial charge in [-0.05, 0) is 49.1 Å². The SMILES string of the molecule is CCOC(=O)C1=C(C)N=c2sc(=Cc3cccn3C)c(=O)n2[C@@H]1c1ccc(OC)c2ccccc12. The van der Waals surface area contributed by atoms with E-state index < -0.39 is 12.0 Å². The number of carbonyl (C=O) groups is 1. The van der Waals surface area contributed by atoms with Crippen molar-refractivity contribution in [2.24, 2.45) is 12.0 Å². The van der Waals surface area contributed by atoms with Gasteiger partial charge in [0.1, 0.15) is 5.75 Å². The highest BCUT2D eigenvalue weighted by atomic mass is 32.1. The van der Waals surface area contributed by atoms with Crippen LogP contribution < -0.4 is 19.6 Å². The van der Waals surface area contributed by atoms with Gasteiger partial charge >= 0.3 is 5.97 Å². The predicted molar refractivity (Wildman–Crippen MR) is 136 cm³/mol. The number of aromatic nitrogens is 2. The molecule has 0 N–H and O–H groups in total. The molecule has 0 radical (unpaired) electrons. The van der Waals surface area contributed by atoms with E-state index in [4.69, 9.17) is 9.47 Å². The average molecular weight is 488 g/mol. The predicted octanol–water partition coefficient (Wildman–Crippen LogP) is 3.30. The molecule has 2 aromatic carbocycles. The minimum atomic E-state index is -0.684. The first-order chi connectivity index (χ1) is 16.9. The zero-order valence-corrected chi connectivity index (χ0v) is 20.8. The zero-order chi connectivity index (χ0) is 24.7. The molecule has 1 atom stereocenters. The van der Waals surface area contributed by atoms with Crippen LogP contribution in [-0.4, -0.2) is 28.8 Å². The Morgan fingerprint density at radius 2 is 1.91 bits per heavy atom. The molecule has 1 aliphatic rings. The van der Waals surface area contributed by atoms with Gasteiger partial charge in [-0.2, -0.15) is 0 Å². The number of benzene rings is 2. The van der Waals surface area contributed by atoms with Crippen LogP contribution in [0.5, 0.6) is 5.75 Å². The van der Waals surface area contributed by atoms with E-state index in [1.807, 2.05) is 72.4 Å². The number of nitrogens with zero attached hydrogens (tertiary/aromatic N) is 3. The standard InChI is InChI=1S/C27H25N3O4S/c1-5-34-26(32)23-16(2)28-27-30(25(31)22(35-27)15-17-9-8-14-29(17)3)24(23)20-12-13-21(33-4)19-11-7-6-10-18(19)20/h6-15,24H,5H2,1-4H3/t24-/m1/s1. The molecule has 0 unspecified atom stereocenters. The van der Waals surface area contributed by atoms with Crippen LogP contribution in [0.15, 0.2) is 75.8 Å². The summed E-state index contributed by atoms with van der Waals surface area (Å²) in [6, 6.07) is 14.8.